The van der Waals surface area contributed by atoms with Crippen molar-refractivity contribution in [3.05, 3.63) is 35.9 Å². The number of nitrogens with zero attached hydrogens (tertiary/aromatic N) is 1. The average molecular weight is 295 g/mol. The summed E-state index contributed by atoms with van der Waals surface area (Å²) in [5, 5.41) is 8.31. The molecule has 19 heavy (non-hydrogen) atoms. The summed E-state index contributed by atoms with van der Waals surface area (Å²) in [5.41, 5.74) is 0.931. The minimum Gasteiger partial charge on any atom is -0.481 e. The molecule has 0 aromatic heterocycles. The highest BCUT2D eigenvalue weighted by atomic mass is 32.2. The van der Waals surface area contributed by atoms with Gasteiger partial charge in [-0.25, -0.2) is 0 Å². The normalized spacial score (nSPS) is 18.9. The lowest BCUT2D eigenvalue weighted by Gasteiger charge is -2.14. The third kappa shape index (κ3) is 3.33. The van der Waals surface area contributed by atoms with Gasteiger partial charge in [-0.3, -0.25) is 14.5 Å². The number of hydrogen-bond donors (Lipinski definition) is 1. The molecule has 1 unspecified atom stereocenters. The van der Waals surface area contributed by atoms with Crippen molar-refractivity contribution in [2.75, 3.05) is 6.54 Å². The molecular weight excluding hydrogens is 282 g/mol. The molecule has 1 aromatic carbocycles. The topological polar surface area (TPSA) is 57.6 Å². The Balaban J connectivity index is 2.02. The smallest absolute Gasteiger partial charge is 0.303 e. The Morgan fingerprint density at radius 1 is 1.37 bits per heavy atom. The first kappa shape index (κ1) is 14.0. The molecule has 1 aliphatic heterocycles. The Hall–Kier alpha value is -1.40. The molecule has 1 heterocycles. The number of carbonyl (C=O) groups is 2. The van der Waals surface area contributed by atoms with Crippen LogP contribution in [0.25, 0.3) is 0 Å². The van der Waals surface area contributed by atoms with Crippen LogP contribution in [0.4, 0.5) is 0 Å². The van der Waals surface area contributed by atoms with E-state index in [4.69, 9.17) is 17.3 Å². The highest BCUT2D eigenvalue weighted by Gasteiger charge is 2.37. The molecule has 1 N–H and O–H groups in total. The maximum absolute atomic E-state index is 12.3. The first-order valence-electron chi connectivity index (χ1n) is 5.88. The summed E-state index contributed by atoms with van der Waals surface area (Å²) in [6, 6.07) is 9.48. The van der Waals surface area contributed by atoms with Crippen LogP contribution in [0.5, 0.6) is 0 Å². The molecule has 100 valence electrons. The number of hydrogen-bond acceptors (Lipinski definition) is 4. The van der Waals surface area contributed by atoms with Crippen LogP contribution >= 0.6 is 24.0 Å². The van der Waals surface area contributed by atoms with Crippen LogP contribution in [0.3, 0.4) is 0 Å². The molecular formula is C13H13NO3S2. The van der Waals surface area contributed by atoms with E-state index in [1.165, 1.54) is 16.7 Å². The van der Waals surface area contributed by atoms with Crippen molar-refractivity contribution in [2.24, 2.45) is 0 Å². The lowest BCUT2D eigenvalue weighted by atomic mass is 10.1. The number of thiocarbonyl (C=S) groups is 1. The number of carboxylic acids is 1. The highest BCUT2D eigenvalue weighted by Crippen LogP contribution is 2.39. The van der Waals surface area contributed by atoms with Crippen molar-refractivity contribution in [1.29, 1.82) is 0 Å². The van der Waals surface area contributed by atoms with Gasteiger partial charge in [0.15, 0.2) is 0 Å². The van der Waals surface area contributed by atoms with Gasteiger partial charge < -0.3 is 5.11 Å². The number of carboxylic acid groups (broad SMARTS) is 1. The third-order valence-corrected chi connectivity index (χ3v) is 4.44. The Morgan fingerprint density at radius 2 is 2.05 bits per heavy atom. The van der Waals surface area contributed by atoms with Gasteiger partial charge in [-0.2, -0.15) is 0 Å². The molecule has 1 fully saturated rings. The quantitative estimate of drug-likeness (QED) is 0.846. The first-order chi connectivity index (χ1) is 9.09. The van der Waals surface area contributed by atoms with Gasteiger partial charge in [0.1, 0.15) is 9.57 Å². The fourth-order valence-electron chi connectivity index (χ4n) is 1.87. The number of rotatable bonds is 5. The zero-order valence-corrected chi connectivity index (χ0v) is 11.7. The Labute approximate surface area is 120 Å². The predicted octanol–water partition coefficient (Wildman–Crippen LogP) is 2.45. The van der Waals surface area contributed by atoms with Crippen molar-refractivity contribution in [3.63, 3.8) is 0 Å². The lowest BCUT2D eigenvalue weighted by Crippen LogP contribution is -2.30. The van der Waals surface area contributed by atoms with E-state index in [1.54, 1.807) is 0 Å². The number of thioether (sulfide) groups is 1. The summed E-state index contributed by atoms with van der Waals surface area (Å²) >= 11 is 6.55. The molecule has 1 atom stereocenters. The van der Waals surface area contributed by atoms with Crippen LogP contribution in [0.15, 0.2) is 30.3 Å². The molecule has 2 rings (SSSR count). The number of benzene rings is 1. The summed E-state index contributed by atoms with van der Waals surface area (Å²) in [7, 11) is 0. The van der Waals surface area contributed by atoms with E-state index in [0.29, 0.717) is 17.3 Å². The minimum atomic E-state index is -0.857. The summed E-state index contributed by atoms with van der Waals surface area (Å²) < 4.78 is 0.532. The Bertz CT molecular complexity index is 504. The molecule has 1 saturated heterocycles. The molecule has 1 aromatic rings. The van der Waals surface area contributed by atoms with Gasteiger partial charge in [0.2, 0.25) is 5.91 Å². The van der Waals surface area contributed by atoms with Crippen molar-refractivity contribution in [3.8, 4) is 0 Å². The van der Waals surface area contributed by atoms with Gasteiger partial charge in [0.05, 0.1) is 0 Å². The van der Waals surface area contributed by atoms with E-state index in [2.05, 4.69) is 0 Å². The van der Waals surface area contributed by atoms with Gasteiger partial charge in [-0.1, -0.05) is 54.3 Å². The molecule has 1 amide bonds. The average Bonchev–Trinajstić information content (AvgIpc) is 2.67. The predicted molar refractivity (Wildman–Crippen MR) is 78.0 cm³/mol. The molecule has 0 radical (unpaired) electrons. The summed E-state index contributed by atoms with van der Waals surface area (Å²) in [4.78, 5) is 24.3. The number of carbonyl (C=O) groups excluding carboxylic acids is 1. The molecule has 4 nitrogen and oxygen atoms in total. The van der Waals surface area contributed by atoms with Crippen LogP contribution in [-0.2, 0) is 9.59 Å². The molecule has 0 saturated carbocycles. The van der Waals surface area contributed by atoms with Crippen LogP contribution in [0.2, 0.25) is 0 Å². The maximum Gasteiger partial charge on any atom is 0.303 e. The van der Waals surface area contributed by atoms with E-state index < -0.39 is 5.97 Å². The van der Waals surface area contributed by atoms with Crippen LogP contribution in [-0.4, -0.2) is 32.7 Å². The van der Waals surface area contributed by atoms with E-state index in [0.717, 1.165) is 5.56 Å². The molecule has 0 bridgehead atoms. The molecule has 1 aliphatic rings. The van der Waals surface area contributed by atoms with E-state index >= 15 is 0 Å². The Kier molecular flexibility index (Phi) is 4.55. The second-order valence-electron chi connectivity index (χ2n) is 4.16. The van der Waals surface area contributed by atoms with Gasteiger partial charge in [0.25, 0.3) is 0 Å². The summed E-state index contributed by atoms with van der Waals surface area (Å²) in [5.74, 6) is -0.906. The fraction of sp³-hybridized carbons (Fsp3) is 0.308. The standard InChI is InChI=1S/C13H13NO3S2/c15-10(16)7-4-8-14-12(17)11(19-13(14)18)9-5-2-1-3-6-9/h1-3,5-6,11H,4,7-8H2,(H,15,16). The largest absolute Gasteiger partial charge is 0.481 e. The van der Waals surface area contributed by atoms with Crippen molar-refractivity contribution < 1.29 is 14.7 Å². The zero-order chi connectivity index (χ0) is 13.8. The van der Waals surface area contributed by atoms with Gasteiger partial charge in [-0.15, -0.1) is 0 Å². The van der Waals surface area contributed by atoms with Crippen LogP contribution < -0.4 is 0 Å². The monoisotopic (exact) mass is 295 g/mol. The SMILES string of the molecule is O=C(O)CCCN1C(=O)C(c2ccccc2)SC1=S. The highest BCUT2D eigenvalue weighted by molar-refractivity contribution is 8.24. The van der Waals surface area contributed by atoms with Gasteiger partial charge in [-0.05, 0) is 12.0 Å². The van der Waals surface area contributed by atoms with E-state index in [1.807, 2.05) is 30.3 Å². The molecule has 0 spiro atoms. The maximum atomic E-state index is 12.3. The van der Waals surface area contributed by atoms with Gasteiger partial charge in [0, 0.05) is 13.0 Å². The third-order valence-electron chi connectivity index (χ3n) is 2.80. The fourth-order valence-corrected chi connectivity index (χ4v) is 3.38. The first-order valence-corrected chi connectivity index (χ1v) is 7.17. The molecule has 0 aliphatic carbocycles. The number of amides is 1. The summed E-state index contributed by atoms with van der Waals surface area (Å²) in [6.45, 7) is 0.375. The lowest BCUT2D eigenvalue weighted by molar-refractivity contribution is -0.137. The Morgan fingerprint density at radius 3 is 2.68 bits per heavy atom. The van der Waals surface area contributed by atoms with Crippen molar-refractivity contribution >= 4 is 40.2 Å². The van der Waals surface area contributed by atoms with Crippen LogP contribution in [0.1, 0.15) is 23.7 Å². The second kappa shape index (κ2) is 6.16. The zero-order valence-electron chi connectivity index (χ0n) is 10.1. The van der Waals surface area contributed by atoms with Crippen molar-refractivity contribution in [1.82, 2.24) is 4.90 Å². The van der Waals surface area contributed by atoms with E-state index in [9.17, 15) is 9.59 Å². The van der Waals surface area contributed by atoms with Gasteiger partial charge >= 0.3 is 5.97 Å². The van der Waals surface area contributed by atoms with Crippen LogP contribution in [0, 0.1) is 0 Å². The van der Waals surface area contributed by atoms with E-state index in [-0.39, 0.29) is 17.6 Å². The molecule has 6 heteroatoms. The summed E-state index contributed by atoms with van der Waals surface area (Å²) in [6.07, 6.45) is 0.469. The van der Waals surface area contributed by atoms with Crippen molar-refractivity contribution in [2.45, 2.75) is 18.1 Å². The second-order valence-corrected chi connectivity index (χ2v) is 5.90. The minimum absolute atomic E-state index is 0.0487. The number of aliphatic carboxylic acids is 1.